The molecule has 0 radical (unpaired) electrons. The highest BCUT2D eigenvalue weighted by atomic mass is 127. The number of aliphatic imine (C=N–C) groups is 1. The van der Waals surface area contributed by atoms with Crippen LogP contribution in [0.1, 0.15) is 24.9 Å². The van der Waals surface area contributed by atoms with Gasteiger partial charge in [0.15, 0.2) is 5.96 Å². The van der Waals surface area contributed by atoms with Crippen LogP contribution < -0.4 is 15.4 Å². The number of ether oxygens (including phenoxy) is 2. The Hall–Kier alpha value is -0.710. The summed E-state index contributed by atoms with van der Waals surface area (Å²) in [5.74, 6) is 2.94. The van der Waals surface area contributed by atoms with Crippen LogP contribution in [0.5, 0.6) is 5.75 Å². The number of nitrogens with zero attached hydrogens (tertiary/aromatic N) is 2. The van der Waals surface area contributed by atoms with Crippen LogP contribution in [0, 0.1) is 0 Å². The maximum atomic E-state index is 5.54. The van der Waals surface area contributed by atoms with Gasteiger partial charge in [-0.25, -0.2) is 0 Å². The minimum atomic E-state index is 0. The molecule has 0 aromatic heterocycles. The summed E-state index contributed by atoms with van der Waals surface area (Å²) in [5, 5.41) is 6.80. The molecule has 1 atom stereocenters. The standard InChI is InChI=1S/C20H34N4O2S.HI/c1-4-21-20(22-10-5-15-27-3)23-16-19(24-11-13-26-14-12-24)17-6-8-18(25-2)9-7-17;/h6-9,19H,4-5,10-16H2,1-3H3,(H2,21,22,23);1H. The molecule has 160 valence electrons. The van der Waals surface area contributed by atoms with Crippen LogP contribution in [0.3, 0.4) is 0 Å². The van der Waals surface area contributed by atoms with Crippen molar-refractivity contribution in [3.05, 3.63) is 29.8 Å². The number of hydrogen-bond acceptors (Lipinski definition) is 5. The summed E-state index contributed by atoms with van der Waals surface area (Å²) >= 11 is 1.87. The second kappa shape index (κ2) is 15.2. The first-order valence-corrected chi connectivity index (χ1v) is 11.1. The molecule has 0 aliphatic carbocycles. The molecule has 1 aliphatic heterocycles. The molecule has 6 nitrogen and oxygen atoms in total. The molecule has 28 heavy (non-hydrogen) atoms. The molecule has 8 heteroatoms. The predicted molar refractivity (Wildman–Crippen MR) is 131 cm³/mol. The number of benzene rings is 1. The molecule has 0 bridgehead atoms. The average molecular weight is 522 g/mol. The zero-order valence-electron chi connectivity index (χ0n) is 17.3. The number of methoxy groups -OCH3 is 1. The van der Waals surface area contributed by atoms with E-state index in [1.54, 1.807) is 7.11 Å². The third-order valence-corrected chi connectivity index (χ3v) is 5.27. The Kier molecular flexibility index (Phi) is 13.7. The van der Waals surface area contributed by atoms with Gasteiger partial charge >= 0.3 is 0 Å². The van der Waals surface area contributed by atoms with E-state index >= 15 is 0 Å². The van der Waals surface area contributed by atoms with Gasteiger partial charge in [-0.1, -0.05) is 12.1 Å². The lowest BCUT2D eigenvalue weighted by Gasteiger charge is -2.34. The summed E-state index contributed by atoms with van der Waals surface area (Å²) in [5.41, 5.74) is 1.26. The molecule has 1 aromatic carbocycles. The summed E-state index contributed by atoms with van der Waals surface area (Å²) in [7, 11) is 1.70. The van der Waals surface area contributed by atoms with Gasteiger partial charge in [0.2, 0.25) is 0 Å². The van der Waals surface area contributed by atoms with E-state index in [9.17, 15) is 0 Å². The van der Waals surface area contributed by atoms with Gasteiger partial charge in [0, 0.05) is 26.2 Å². The largest absolute Gasteiger partial charge is 0.497 e. The Morgan fingerprint density at radius 3 is 2.57 bits per heavy atom. The molecule has 0 amide bonds. The Labute approximate surface area is 191 Å². The van der Waals surface area contributed by atoms with Gasteiger partial charge in [-0.15, -0.1) is 24.0 Å². The van der Waals surface area contributed by atoms with E-state index in [1.807, 2.05) is 23.9 Å². The highest BCUT2D eigenvalue weighted by molar-refractivity contribution is 14.0. The third-order valence-electron chi connectivity index (χ3n) is 4.57. The summed E-state index contributed by atoms with van der Waals surface area (Å²) in [4.78, 5) is 7.34. The molecule has 1 fully saturated rings. The van der Waals surface area contributed by atoms with Crippen LogP contribution in [0.15, 0.2) is 29.3 Å². The summed E-state index contributed by atoms with van der Waals surface area (Å²) in [6.07, 6.45) is 3.28. The van der Waals surface area contributed by atoms with Crippen molar-refractivity contribution in [2.45, 2.75) is 19.4 Å². The predicted octanol–water partition coefficient (Wildman–Crippen LogP) is 2.99. The Balaban J connectivity index is 0.00000392. The zero-order chi connectivity index (χ0) is 19.3. The van der Waals surface area contributed by atoms with Gasteiger partial charge in [0.05, 0.1) is 32.9 Å². The van der Waals surface area contributed by atoms with Crippen LogP contribution >= 0.6 is 35.7 Å². The molecule has 2 N–H and O–H groups in total. The van der Waals surface area contributed by atoms with Gasteiger partial charge in [-0.05, 0) is 43.0 Å². The quantitative estimate of drug-likeness (QED) is 0.213. The smallest absolute Gasteiger partial charge is 0.191 e. The van der Waals surface area contributed by atoms with E-state index in [2.05, 4.69) is 40.8 Å². The zero-order valence-corrected chi connectivity index (χ0v) is 20.4. The number of hydrogen-bond donors (Lipinski definition) is 2. The van der Waals surface area contributed by atoms with Crippen LogP contribution in [-0.2, 0) is 4.74 Å². The van der Waals surface area contributed by atoms with E-state index in [1.165, 1.54) is 5.56 Å². The molecule has 1 aromatic rings. The van der Waals surface area contributed by atoms with E-state index in [4.69, 9.17) is 14.5 Å². The van der Waals surface area contributed by atoms with E-state index in [-0.39, 0.29) is 30.0 Å². The third kappa shape index (κ3) is 8.75. The molecule has 1 unspecified atom stereocenters. The van der Waals surface area contributed by atoms with E-state index in [0.717, 1.165) is 63.3 Å². The van der Waals surface area contributed by atoms with Crippen molar-refractivity contribution in [3.63, 3.8) is 0 Å². The fourth-order valence-electron chi connectivity index (χ4n) is 3.09. The number of morpholine rings is 1. The molecule has 2 rings (SSSR count). The Bertz CT molecular complexity index is 554. The normalized spacial score (nSPS) is 16.2. The summed E-state index contributed by atoms with van der Waals surface area (Å²) < 4.78 is 10.8. The molecule has 0 saturated carbocycles. The van der Waals surface area contributed by atoms with Crippen molar-refractivity contribution in [2.75, 3.05) is 65.1 Å². The van der Waals surface area contributed by atoms with E-state index in [0.29, 0.717) is 6.54 Å². The average Bonchev–Trinajstić information content (AvgIpc) is 2.72. The maximum absolute atomic E-state index is 5.54. The minimum absolute atomic E-state index is 0. The van der Waals surface area contributed by atoms with Crippen molar-refractivity contribution in [3.8, 4) is 5.75 Å². The van der Waals surface area contributed by atoms with Gasteiger partial charge in [-0.3, -0.25) is 9.89 Å². The van der Waals surface area contributed by atoms with Crippen molar-refractivity contribution < 1.29 is 9.47 Å². The number of thioether (sulfide) groups is 1. The van der Waals surface area contributed by atoms with Crippen LogP contribution in [0.25, 0.3) is 0 Å². The highest BCUT2D eigenvalue weighted by Crippen LogP contribution is 2.24. The van der Waals surface area contributed by atoms with Gasteiger partial charge in [-0.2, -0.15) is 11.8 Å². The maximum Gasteiger partial charge on any atom is 0.191 e. The van der Waals surface area contributed by atoms with Crippen LogP contribution in [0.2, 0.25) is 0 Å². The topological polar surface area (TPSA) is 58.1 Å². The minimum Gasteiger partial charge on any atom is -0.497 e. The fraction of sp³-hybridized carbons (Fsp3) is 0.650. The molecular weight excluding hydrogens is 487 g/mol. The lowest BCUT2D eigenvalue weighted by atomic mass is 10.0. The molecule has 0 spiro atoms. The lowest BCUT2D eigenvalue weighted by Crippen LogP contribution is -2.42. The SMILES string of the molecule is CCNC(=NCC(c1ccc(OC)cc1)N1CCOCC1)NCCCSC.I. The lowest BCUT2D eigenvalue weighted by molar-refractivity contribution is 0.0179. The second-order valence-electron chi connectivity index (χ2n) is 6.43. The van der Waals surface area contributed by atoms with Crippen molar-refractivity contribution >= 4 is 41.7 Å². The van der Waals surface area contributed by atoms with Crippen molar-refractivity contribution in [1.29, 1.82) is 0 Å². The summed E-state index contributed by atoms with van der Waals surface area (Å²) in [6.45, 7) is 8.04. The highest BCUT2D eigenvalue weighted by Gasteiger charge is 2.22. The first-order valence-electron chi connectivity index (χ1n) is 9.75. The van der Waals surface area contributed by atoms with Gasteiger partial charge in [0.1, 0.15) is 5.75 Å². The van der Waals surface area contributed by atoms with Crippen molar-refractivity contribution in [2.24, 2.45) is 4.99 Å². The number of halogens is 1. The van der Waals surface area contributed by atoms with Gasteiger partial charge in [0.25, 0.3) is 0 Å². The molecular formula is C20H35IN4O2S. The monoisotopic (exact) mass is 522 g/mol. The number of rotatable bonds is 10. The van der Waals surface area contributed by atoms with E-state index < -0.39 is 0 Å². The second-order valence-corrected chi connectivity index (χ2v) is 7.42. The molecule has 1 saturated heterocycles. The van der Waals surface area contributed by atoms with Gasteiger partial charge < -0.3 is 20.1 Å². The molecule has 1 aliphatic rings. The Morgan fingerprint density at radius 2 is 1.96 bits per heavy atom. The van der Waals surface area contributed by atoms with Crippen LogP contribution in [0.4, 0.5) is 0 Å². The first-order chi connectivity index (χ1) is 13.3. The fourth-order valence-corrected chi connectivity index (χ4v) is 3.52. The molecule has 1 heterocycles. The number of nitrogens with one attached hydrogen (secondary N) is 2. The summed E-state index contributed by atoms with van der Waals surface area (Å²) in [6, 6.07) is 8.58. The first kappa shape index (κ1) is 25.3. The number of guanidine groups is 1. The van der Waals surface area contributed by atoms with Crippen LogP contribution in [-0.4, -0.2) is 75.9 Å². The Morgan fingerprint density at radius 1 is 1.25 bits per heavy atom. The van der Waals surface area contributed by atoms with Crippen molar-refractivity contribution in [1.82, 2.24) is 15.5 Å².